The highest BCUT2D eigenvalue weighted by atomic mass is 19.1. The van der Waals surface area contributed by atoms with Crippen LogP contribution in [0, 0.1) is 32.0 Å². The van der Waals surface area contributed by atoms with Crippen molar-refractivity contribution in [2.45, 2.75) is 13.8 Å². The molecule has 0 radical (unpaired) electrons. The molecule has 0 saturated carbocycles. The Morgan fingerprint density at radius 2 is 1.94 bits per heavy atom. The number of nitrogens with zero attached hydrogens (tertiary/aromatic N) is 5. The van der Waals surface area contributed by atoms with Gasteiger partial charge in [-0.15, -0.1) is 6.42 Å². The number of ether oxygens (including phenoxy) is 1. The van der Waals surface area contributed by atoms with Crippen LogP contribution in [-0.4, -0.2) is 24.9 Å². The maximum absolute atomic E-state index is 15.1. The van der Waals surface area contributed by atoms with Crippen molar-refractivity contribution in [2.24, 2.45) is 0 Å². The molecule has 4 heterocycles. The van der Waals surface area contributed by atoms with Gasteiger partial charge >= 0.3 is 6.01 Å². The largest absolute Gasteiger partial charge is 0.437 e. The third kappa shape index (κ3) is 3.67. The number of furan rings is 1. The Morgan fingerprint density at radius 1 is 1.09 bits per heavy atom. The predicted octanol–water partition coefficient (Wildman–Crippen LogP) is 4.85. The van der Waals surface area contributed by atoms with Gasteiger partial charge in [-0.05, 0) is 49.2 Å². The van der Waals surface area contributed by atoms with Gasteiger partial charge in [-0.1, -0.05) is 12.0 Å². The fourth-order valence-electron chi connectivity index (χ4n) is 3.61. The van der Waals surface area contributed by atoms with Crippen LogP contribution in [0.2, 0.25) is 0 Å². The third-order valence-electron chi connectivity index (χ3n) is 5.22. The van der Waals surface area contributed by atoms with Crippen molar-refractivity contribution in [3.05, 3.63) is 71.8 Å². The number of pyridine rings is 1. The van der Waals surface area contributed by atoms with Gasteiger partial charge < -0.3 is 14.9 Å². The van der Waals surface area contributed by atoms with E-state index in [-0.39, 0.29) is 23.3 Å². The first-order chi connectivity index (χ1) is 16.4. The van der Waals surface area contributed by atoms with Crippen LogP contribution in [0.15, 0.2) is 53.5 Å². The van der Waals surface area contributed by atoms with E-state index in [1.807, 2.05) is 6.92 Å². The van der Waals surface area contributed by atoms with Crippen LogP contribution in [0.25, 0.3) is 33.6 Å². The van der Waals surface area contributed by atoms with Crippen LogP contribution in [0.4, 0.5) is 10.2 Å². The number of nitrogens with two attached hydrogens (primary N) is 1. The van der Waals surface area contributed by atoms with Gasteiger partial charge in [-0.3, -0.25) is 0 Å². The first-order valence-electron chi connectivity index (χ1n) is 10.2. The zero-order chi connectivity index (χ0) is 23.8. The number of aryl methyl sites for hydroxylation is 2. The number of hydrogen-bond acceptors (Lipinski definition) is 8. The summed E-state index contributed by atoms with van der Waals surface area (Å²) in [6.07, 6.45) is 9.93. The van der Waals surface area contributed by atoms with Crippen LogP contribution in [-0.2, 0) is 0 Å². The number of anilines is 1. The minimum absolute atomic E-state index is 0.0239. The quantitative estimate of drug-likeness (QED) is 0.385. The van der Waals surface area contributed by atoms with E-state index < -0.39 is 5.82 Å². The van der Waals surface area contributed by atoms with E-state index in [2.05, 4.69) is 30.8 Å². The predicted molar refractivity (Wildman–Crippen MR) is 124 cm³/mol. The standard InChI is InChI=1S/C25H17FN6O2/c1-4-16-9-13(2)17(11-29-16)22-20(21-23(27)30-12-31-24(21)34-22)15-5-6-19(18(26)10-15)33-25-28-8-7-14(3)32-25/h1,5-12H,2-3H3,(H2,27,30,31). The van der Waals surface area contributed by atoms with E-state index in [1.54, 1.807) is 37.5 Å². The molecule has 0 fully saturated rings. The van der Waals surface area contributed by atoms with Crippen molar-refractivity contribution < 1.29 is 13.5 Å². The summed E-state index contributed by atoms with van der Waals surface area (Å²) >= 11 is 0. The van der Waals surface area contributed by atoms with Crippen LogP contribution >= 0.6 is 0 Å². The second-order valence-electron chi connectivity index (χ2n) is 7.50. The second kappa shape index (κ2) is 8.26. The van der Waals surface area contributed by atoms with Crippen LogP contribution in [0.3, 0.4) is 0 Å². The number of halogens is 1. The first-order valence-corrected chi connectivity index (χ1v) is 10.2. The lowest BCUT2D eigenvalue weighted by Crippen LogP contribution is -1.96. The Balaban J connectivity index is 1.67. The average Bonchev–Trinajstić information content (AvgIpc) is 3.21. The SMILES string of the molecule is C#Cc1cc(C)c(-c2oc3ncnc(N)c3c2-c2ccc(Oc3nccc(C)n3)c(F)c2)cn1. The molecule has 1 aromatic carbocycles. The first kappa shape index (κ1) is 21.0. The summed E-state index contributed by atoms with van der Waals surface area (Å²) in [7, 11) is 0. The molecule has 4 aromatic heterocycles. The van der Waals surface area contributed by atoms with Gasteiger partial charge in [-0.25, -0.2) is 29.3 Å². The molecule has 0 bridgehead atoms. The zero-order valence-electron chi connectivity index (χ0n) is 18.2. The Labute approximate surface area is 193 Å². The lowest BCUT2D eigenvalue weighted by molar-refractivity contribution is 0.410. The van der Waals surface area contributed by atoms with E-state index >= 15 is 4.39 Å². The minimum atomic E-state index is -0.615. The number of terminal acetylenes is 1. The van der Waals surface area contributed by atoms with E-state index in [0.29, 0.717) is 39.2 Å². The molecule has 0 atom stereocenters. The lowest BCUT2D eigenvalue weighted by Gasteiger charge is -2.10. The van der Waals surface area contributed by atoms with Crippen molar-refractivity contribution in [1.82, 2.24) is 24.9 Å². The van der Waals surface area contributed by atoms with Gasteiger partial charge in [0.2, 0.25) is 5.71 Å². The Kier molecular flexibility index (Phi) is 5.11. The summed E-state index contributed by atoms with van der Waals surface area (Å²) in [4.78, 5) is 20.7. The summed E-state index contributed by atoms with van der Waals surface area (Å²) in [5, 5.41) is 0.466. The summed E-state index contributed by atoms with van der Waals surface area (Å²) in [5.41, 5.74) is 10.1. The molecule has 0 amide bonds. The van der Waals surface area contributed by atoms with E-state index in [9.17, 15) is 0 Å². The van der Waals surface area contributed by atoms with Gasteiger partial charge in [0, 0.05) is 29.2 Å². The van der Waals surface area contributed by atoms with E-state index in [0.717, 1.165) is 5.56 Å². The van der Waals surface area contributed by atoms with Gasteiger partial charge in [0.25, 0.3) is 0 Å². The maximum atomic E-state index is 15.1. The Hall–Kier alpha value is -4.84. The highest BCUT2D eigenvalue weighted by Crippen LogP contribution is 2.43. The lowest BCUT2D eigenvalue weighted by atomic mass is 9.97. The molecule has 2 N–H and O–H groups in total. The van der Waals surface area contributed by atoms with Crippen molar-refractivity contribution in [3.8, 4) is 46.6 Å². The molecular formula is C25H17FN6O2. The smallest absolute Gasteiger partial charge is 0.322 e. The molecule has 0 spiro atoms. The summed E-state index contributed by atoms with van der Waals surface area (Å²) in [6, 6.07) is 8.04. The number of rotatable bonds is 4. The molecule has 5 aromatic rings. The third-order valence-corrected chi connectivity index (χ3v) is 5.22. The van der Waals surface area contributed by atoms with Crippen molar-refractivity contribution in [1.29, 1.82) is 0 Å². The van der Waals surface area contributed by atoms with Crippen LogP contribution in [0.5, 0.6) is 11.8 Å². The summed E-state index contributed by atoms with van der Waals surface area (Å²) in [5.74, 6) is 2.49. The van der Waals surface area contributed by atoms with Crippen molar-refractivity contribution >= 4 is 16.9 Å². The molecule has 0 unspecified atom stereocenters. The highest BCUT2D eigenvalue weighted by Gasteiger charge is 2.23. The molecule has 0 aliphatic carbocycles. The monoisotopic (exact) mass is 452 g/mol. The fourth-order valence-corrected chi connectivity index (χ4v) is 3.61. The van der Waals surface area contributed by atoms with Gasteiger partial charge in [0.1, 0.15) is 23.6 Å². The molecule has 0 saturated heterocycles. The highest BCUT2D eigenvalue weighted by molar-refractivity contribution is 6.05. The molecule has 5 rings (SSSR count). The maximum Gasteiger partial charge on any atom is 0.322 e. The van der Waals surface area contributed by atoms with Gasteiger partial charge in [0.15, 0.2) is 11.6 Å². The minimum Gasteiger partial charge on any atom is -0.437 e. The van der Waals surface area contributed by atoms with E-state index in [1.165, 1.54) is 18.5 Å². The number of nitrogen functional groups attached to an aromatic ring is 1. The molecule has 166 valence electrons. The molecule has 0 aliphatic heterocycles. The molecule has 34 heavy (non-hydrogen) atoms. The zero-order valence-corrected chi connectivity index (χ0v) is 18.2. The normalized spacial score (nSPS) is 10.9. The fraction of sp³-hybridized carbons (Fsp3) is 0.0800. The Morgan fingerprint density at radius 3 is 2.68 bits per heavy atom. The van der Waals surface area contributed by atoms with Crippen molar-refractivity contribution in [3.63, 3.8) is 0 Å². The van der Waals surface area contributed by atoms with Crippen LogP contribution in [0.1, 0.15) is 17.0 Å². The second-order valence-corrected chi connectivity index (χ2v) is 7.50. The van der Waals surface area contributed by atoms with Gasteiger partial charge in [0.05, 0.1) is 5.39 Å². The number of fused-ring (bicyclic) bond motifs is 1. The molecule has 8 nitrogen and oxygen atoms in total. The Bertz CT molecular complexity index is 1610. The molecule has 0 aliphatic rings. The average molecular weight is 452 g/mol. The van der Waals surface area contributed by atoms with E-state index in [4.69, 9.17) is 21.3 Å². The summed E-state index contributed by atoms with van der Waals surface area (Å²) < 4.78 is 26.7. The molecule has 9 heteroatoms. The topological polar surface area (TPSA) is 113 Å². The number of benzene rings is 1. The van der Waals surface area contributed by atoms with Crippen LogP contribution < -0.4 is 10.5 Å². The number of aromatic nitrogens is 5. The molecular weight excluding hydrogens is 435 g/mol. The number of hydrogen-bond donors (Lipinski definition) is 1. The van der Waals surface area contributed by atoms with Crippen molar-refractivity contribution in [2.75, 3.05) is 5.73 Å². The summed E-state index contributed by atoms with van der Waals surface area (Å²) in [6.45, 7) is 3.67. The van der Waals surface area contributed by atoms with Gasteiger partial charge in [-0.2, -0.15) is 0 Å².